The van der Waals surface area contributed by atoms with Gasteiger partial charge < -0.3 is 10.1 Å². The molecule has 2 aromatic heterocycles. The van der Waals surface area contributed by atoms with Crippen LogP contribution in [-0.2, 0) is 4.74 Å². The zero-order valence-electron chi connectivity index (χ0n) is 13.6. The summed E-state index contributed by atoms with van der Waals surface area (Å²) in [5.41, 5.74) is 1.49. The van der Waals surface area contributed by atoms with Gasteiger partial charge in [-0.1, -0.05) is 11.6 Å². The number of ether oxygens (including phenoxy) is 1. The maximum atomic E-state index is 12.7. The Morgan fingerprint density at radius 2 is 2.16 bits per heavy atom. The number of nitrogens with one attached hydrogen (secondary N) is 1. The van der Waals surface area contributed by atoms with Crippen molar-refractivity contribution >= 4 is 33.5 Å². The molecule has 0 amide bonds. The van der Waals surface area contributed by atoms with Gasteiger partial charge in [-0.05, 0) is 67.0 Å². The molecule has 1 saturated heterocycles. The van der Waals surface area contributed by atoms with Crippen molar-refractivity contribution in [3.63, 3.8) is 0 Å². The Morgan fingerprint density at radius 3 is 2.84 bits per heavy atom. The maximum Gasteiger partial charge on any atom is 0.355 e. The van der Waals surface area contributed by atoms with E-state index in [1.807, 2.05) is 13.0 Å². The van der Waals surface area contributed by atoms with E-state index in [0.717, 1.165) is 36.1 Å². The summed E-state index contributed by atoms with van der Waals surface area (Å²) in [7, 11) is 0. The Balaban J connectivity index is 1.99. The van der Waals surface area contributed by atoms with Crippen LogP contribution in [0.25, 0.3) is 5.82 Å². The lowest BCUT2D eigenvalue weighted by molar-refractivity contribution is 0.0220. The van der Waals surface area contributed by atoms with E-state index >= 15 is 0 Å². The van der Waals surface area contributed by atoms with Crippen LogP contribution >= 0.6 is 27.5 Å². The fraction of sp³-hybridized carbons (Fsp3) is 0.353. The topological polar surface area (TPSA) is 79.9 Å². The minimum Gasteiger partial charge on any atom is -0.458 e. The molecule has 0 atom stereocenters. The van der Waals surface area contributed by atoms with Crippen LogP contribution in [0, 0.1) is 18.3 Å². The van der Waals surface area contributed by atoms with E-state index in [9.17, 15) is 4.79 Å². The molecule has 1 aliphatic heterocycles. The number of hydrogen-bond donors (Lipinski definition) is 1. The van der Waals surface area contributed by atoms with Crippen molar-refractivity contribution in [3.8, 4) is 11.9 Å². The van der Waals surface area contributed by atoms with Gasteiger partial charge in [0.1, 0.15) is 22.8 Å². The average Bonchev–Trinajstić information content (AvgIpc) is 2.90. The fourth-order valence-electron chi connectivity index (χ4n) is 2.81. The molecular formula is C17H16BrClN4O2. The molecule has 0 unspecified atom stereocenters. The maximum absolute atomic E-state index is 12.7. The largest absolute Gasteiger partial charge is 0.458 e. The zero-order chi connectivity index (χ0) is 18.0. The monoisotopic (exact) mass is 422 g/mol. The third-order valence-electron chi connectivity index (χ3n) is 4.09. The molecule has 3 rings (SSSR count). The summed E-state index contributed by atoms with van der Waals surface area (Å²) in [5.74, 6) is -0.00880. The number of nitrogens with zero attached hydrogens (tertiary/aromatic N) is 3. The predicted octanol–water partition coefficient (Wildman–Crippen LogP) is 3.38. The van der Waals surface area contributed by atoms with Crippen molar-refractivity contribution in [1.82, 2.24) is 14.9 Å². The summed E-state index contributed by atoms with van der Waals surface area (Å²) in [6, 6.07) is 6.82. The van der Waals surface area contributed by atoms with Crippen LogP contribution in [0.1, 0.15) is 34.6 Å². The van der Waals surface area contributed by atoms with Crippen LogP contribution in [0.2, 0.25) is 5.15 Å². The highest BCUT2D eigenvalue weighted by Gasteiger charge is 2.24. The molecule has 25 heavy (non-hydrogen) atoms. The molecule has 2 aromatic rings. The third kappa shape index (κ3) is 3.87. The summed E-state index contributed by atoms with van der Waals surface area (Å²) in [6.07, 6.45) is 1.49. The Morgan fingerprint density at radius 1 is 1.44 bits per heavy atom. The van der Waals surface area contributed by atoms with Gasteiger partial charge in [0.15, 0.2) is 0 Å². The molecule has 1 N–H and O–H groups in total. The van der Waals surface area contributed by atoms with Crippen molar-refractivity contribution in [2.24, 2.45) is 0 Å². The second-order valence-corrected chi connectivity index (χ2v) is 7.04. The molecule has 0 bridgehead atoms. The third-order valence-corrected chi connectivity index (χ3v) is 5.09. The first kappa shape index (κ1) is 17.9. The van der Waals surface area contributed by atoms with Crippen LogP contribution in [0.15, 0.2) is 22.7 Å². The van der Waals surface area contributed by atoms with E-state index in [0.29, 0.717) is 17.1 Å². The average molecular weight is 424 g/mol. The number of esters is 1. The molecule has 8 heteroatoms. The van der Waals surface area contributed by atoms with Gasteiger partial charge in [-0.3, -0.25) is 4.57 Å². The number of hydrogen-bond acceptors (Lipinski definition) is 5. The van der Waals surface area contributed by atoms with Gasteiger partial charge in [0, 0.05) is 10.2 Å². The zero-order valence-corrected chi connectivity index (χ0v) is 15.9. The van der Waals surface area contributed by atoms with E-state index in [4.69, 9.17) is 21.6 Å². The first-order valence-corrected chi connectivity index (χ1v) is 9.04. The quantitative estimate of drug-likeness (QED) is 0.605. The first-order chi connectivity index (χ1) is 12.0. The van der Waals surface area contributed by atoms with Crippen LogP contribution in [-0.4, -0.2) is 34.7 Å². The van der Waals surface area contributed by atoms with Gasteiger partial charge in [-0.25, -0.2) is 9.78 Å². The molecule has 130 valence electrons. The van der Waals surface area contributed by atoms with E-state index in [-0.39, 0.29) is 11.3 Å². The van der Waals surface area contributed by atoms with Gasteiger partial charge in [0.2, 0.25) is 0 Å². The number of carbonyl (C=O) groups excluding carboxylic acids is 1. The standard InChI is InChI=1S/C17H16BrClN4O2/c1-10-13(18)8-14(17(24)25-12-2-4-21-5-3-12)23(10)16-7-11(9-20)6-15(19)22-16/h6-8,12,21H,2-5H2,1H3. The van der Waals surface area contributed by atoms with Crippen LogP contribution < -0.4 is 5.32 Å². The van der Waals surface area contributed by atoms with E-state index in [2.05, 4.69) is 26.2 Å². The smallest absolute Gasteiger partial charge is 0.355 e. The number of halogens is 2. The molecule has 0 aliphatic carbocycles. The SMILES string of the molecule is Cc1c(Br)cc(C(=O)OC2CCNCC2)n1-c1cc(C#N)cc(Cl)n1. The summed E-state index contributed by atoms with van der Waals surface area (Å²) in [4.78, 5) is 17.0. The number of aromatic nitrogens is 2. The number of nitriles is 1. The van der Waals surface area contributed by atoms with E-state index in [1.165, 1.54) is 6.07 Å². The molecule has 6 nitrogen and oxygen atoms in total. The normalized spacial score (nSPS) is 15.0. The lowest BCUT2D eigenvalue weighted by Gasteiger charge is -2.23. The molecular weight excluding hydrogens is 408 g/mol. The molecule has 3 heterocycles. The Bertz CT molecular complexity index is 853. The van der Waals surface area contributed by atoms with Gasteiger partial charge >= 0.3 is 5.97 Å². The molecule has 0 aromatic carbocycles. The van der Waals surface area contributed by atoms with Crippen molar-refractivity contribution in [2.45, 2.75) is 25.9 Å². The number of carbonyl (C=O) groups is 1. The first-order valence-electron chi connectivity index (χ1n) is 7.87. The molecule has 1 fully saturated rings. The highest BCUT2D eigenvalue weighted by molar-refractivity contribution is 9.10. The van der Waals surface area contributed by atoms with Gasteiger partial charge in [-0.15, -0.1) is 0 Å². The van der Waals surface area contributed by atoms with E-state index < -0.39 is 5.97 Å². The minimum atomic E-state index is -0.416. The van der Waals surface area contributed by atoms with Crippen LogP contribution in [0.3, 0.4) is 0 Å². The molecule has 0 saturated carbocycles. The van der Waals surface area contributed by atoms with Gasteiger partial charge in [0.05, 0.1) is 11.6 Å². The van der Waals surface area contributed by atoms with Crippen molar-refractivity contribution in [1.29, 1.82) is 5.26 Å². The molecule has 1 aliphatic rings. The summed E-state index contributed by atoms with van der Waals surface area (Å²) in [6.45, 7) is 3.52. The number of rotatable bonds is 3. The van der Waals surface area contributed by atoms with Crippen LogP contribution in [0.5, 0.6) is 0 Å². The Kier molecular flexibility index (Phi) is 5.42. The Labute approximate surface area is 158 Å². The Hall–Kier alpha value is -1.88. The summed E-state index contributed by atoms with van der Waals surface area (Å²) in [5, 5.41) is 12.6. The fourth-order valence-corrected chi connectivity index (χ4v) is 3.41. The molecule has 0 radical (unpaired) electrons. The van der Waals surface area contributed by atoms with Crippen molar-refractivity contribution in [3.05, 3.63) is 44.8 Å². The minimum absolute atomic E-state index is 0.0989. The van der Waals surface area contributed by atoms with Crippen molar-refractivity contribution in [2.75, 3.05) is 13.1 Å². The molecule has 0 spiro atoms. The second-order valence-electron chi connectivity index (χ2n) is 5.80. The second kappa shape index (κ2) is 7.56. The van der Waals surface area contributed by atoms with Gasteiger partial charge in [0.25, 0.3) is 0 Å². The summed E-state index contributed by atoms with van der Waals surface area (Å²) >= 11 is 9.46. The highest BCUT2D eigenvalue weighted by atomic mass is 79.9. The lowest BCUT2D eigenvalue weighted by Crippen LogP contribution is -2.34. The van der Waals surface area contributed by atoms with Gasteiger partial charge in [-0.2, -0.15) is 5.26 Å². The summed E-state index contributed by atoms with van der Waals surface area (Å²) < 4.78 is 8.06. The van der Waals surface area contributed by atoms with E-state index in [1.54, 1.807) is 16.7 Å². The van der Waals surface area contributed by atoms with Crippen LogP contribution in [0.4, 0.5) is 0 Å². The van der Waals surface area contributed by atoms with Crippen molar-refractivity contribution < 1.29 is 9.53 Å². The lowest BCUT2D eigenvalue weighted by atomic mass is 10.1. The highest BCUT2D eigenvalue weighted by Crippen LogP contribution is 2.27. The predicted molar refractivity (Wildman–Crippen MR) is 97.0 cm³/mol. The number of piperidine rings is 1. The number of pyridine rings is 1.